The van der Waals surface area contributed by atoms with Gasteiger partial charge in [-0.2, -0.15) is 4.57 Å². The summed E-state index contributed by atoms with van der Waals surface area (Å²) in [6.45, 7) is 3.18. The molecular weight excluding hydrogens is 460 g/mol. The van der Waals surface area contributed by atoms with Crippen LogP contribution < -0.4 is 28.1 Å². The number of allylic oxidation sites excluding steroid dienone is 2. The molecule has 3 aromatic carbocycles. The molecule has 0 N–H and O–H groups in total. The fourth-order valence-corrected chi connectivity index (χ4v) is 4.74. The van der Waals surface area contributed by atoms with E-state index in [9.17, 15) is 0 Å². The van der Waals surface area contributed by atoms with Crippen molar-refractivity contribution in [3.63, 3.8) is 0 Å². The van der Waals surface area contributed by atoms with E-state index in [0.717, 1.165) is 6.54 Å². The SMILES string of the molecule is CC[n+]1c(/C=C/C=C/c2ccc(N(C)C)cc2)sc2c3ccccc3ccc21.[O-][Cl+3]([O-])([O-])[O-]. The summed E-state index contributed by atoms with van der Waals surface area (Å²) in [7, 11) is -0.824. The van der Waals surface area contributed by atoms with Gasteiger partial charge in [-0.1, -0.05) is 66.0 Å². The Labute approximate surface area is 199 Å². The summed E-state index contributed by atoms with van der Waals surface area (Å²) in [6.07, 6.45) is 8.62. The number of aromatic nitrogens is 1. The van der Waals surface area contributed by atoms with Gasteiger partial charge in [0, 0.05) is 37.3 Å². The van der Waals surface area contributed by atoms with Crippen LogP contribution in [0, 0.1) is 10.2 Å². The first-order valence-corrected chi connectivity index (χ1v) is 12.3. The molecule has 0 radical (unpaired) electrons. The van der Waals surface area contributed by atoms with Crippen LogP contribution in [-0.4, -0.2) is 14.1 Å². The van der Waals surface area contributed by atoms with Gasteiger partial charge in [0.25, 0.3) is 5.01 Å². The molecule has 0 amide bonds. The third kappa shape index (κ3) is 6.85. The Morgan fingerprint density at radius 3 is 2.15 bits per heavy atom. The average Bonchev–Trinajstić information content (AvgIpc) is 3.14. The number of halogens is 1. The molecule has 0 bridgehead atoms. The van der Waals surface area contributed by atoms with Crippen molar-refractivity contribution < 1.29 is 33.4 Å². The van der Waals surface area contributed by atoms with Crippen molar-refractivity contribution in [1.82, 2.24) is 0 Å². The van der Waals surface area contributed by atoms with Crippen LogP contribution in [0.5, 0.6) is 0 Å². The minimum Gasteiger partial charge on any atom is -0.378 e. The van der Waals surface area contributed by atoms with Crippen molar-refractivity contribution >= 4 is 50.2 Å². The molecule has 0 aliphatic heterocycles. The van der Waals surface area contributed by atoms with E-state index in [2.05, 4.69) is 115 Å². The molecule has 0 saturated carbocycles. The fraction of sp³-hybridized carbons (Fsp3) is 0.160. The van der Waals surface area contributed by atoms with Gasteiger partial charge >= 0.3 is 0 Å². The van der Waals surface area contributed by atoms with E-state index in [1.165, 1.54) is 37.2 Å². The van der Waals surface area contributed by atoms with Crippen LogP contribution in [0.15, 0.2) is 72.8 Å². The summed E-state index contributed by atoms with van der Waals surface area (Å²) in [6, 6.07) is 21.7. The molecule has 0 fully saturated rings. The molecule has 0 saturated heterocycles. The number of fused-ring (bicyclic) bond motifs is 3. The van der Waals surface area contributed by atoms with Crippen molar-refractivity contribution in [2.24, 2.45) is 0 Å². The lowest BCUT2D eigenvalue weighted by Gasteiger charge is -2.17. The predicted octanol–water partition coefficient (Wildman–Crippen LogP) is 1.40. The Balaban J connectivity index is 0.000000555. The van der Waals surface area contributed by atoms with Gasteiger partial charge in [0.05, 0.1) is 0 Å². The summed E-state index contributed by atoms with van der Waals surface area (Å²) >= 11 is 1.87. The second kappa shape index (κ2) is 10.9. The van der Waals surface area contributed by atoms with Crippen LogP contribution in [0.1, 0.15) is 17.5 Å². The molecule has 172 valence electrons. The van der Waals surface area contributed by atoms with Crippen LogP contribution in [-0.2, 0) is 6.54 Å². The standard InChI is InChI=1S/C25H25N2S.ClHO4/c1-4-27-23-18-15-20-10-6-7-11-22(20)25(23)28-24(27)12-8-5-9-19-13-16-21(17-14-19)26(2)3;2-1(3,4)5/h5-18H,4H2,1-3H3;(H,2,3,4,5)/q+1;/p-1. The molecule has 8 heteroatoms. The van der Waals surface area contributed by atoms with Crippen molar-refractivity contribution in [3.8, 4) is 0 Å². The highest BCUT2D eigenvalue weighted by molar-refractivity contribution is 7.19. The first-order chi connectivity index (χ1) is 15.7. The fourth-order valence-electron chi connectivity index (χ4n) is 3.47. The van der Waals surface area contributed by atoms with E-state index in [1.807, 2.05) is 11.3 Å². The number of hydrogen-bond acceptors (Lipinski definition) is 6. The maximum absolute atomic E-state index is 8.49. The van der Waals surface area contributed by atoms with Crippen molar-refractivity contribution in [3.05, 3.63) is 83.4 Å². The van der Waals surface area contributed by atoms with Gasteiger partial charge in [0.1, 0.15) is 11.2 Å². The van der Waals surface area contributed by atoms with Crippen LogP contribution in [0.25, 0.3) is 33.1 Å². The lowest BCUT2D eigenvalue weighted by molar-refractivity contribution is -2.00. The molecule has 6 nitrogen and oxygen atoms in total. The summed E-state index contributed by atoms with van der Waals surface area (Å²) in [4.78, 5) is 2.11. The maximum atomic E-state index is 8.49. The second-order valence-corrected chi connectivity index (χ2v) is 9.19. The highest BCUT2D eigenvalue weighted by Gasteiger charge is 2.18. The Kier molecular flexibility index (Phi) is 8.20. The summed E-state index contributed by atoms with van der Waals surface area (Å²) < 4.78 is 37.7. The summed E-state index contributed by atoms with van der Waals surface area (Å²) in [5, 5.41) is 3.92. The minimum atomic E-state index is -4.94. The number of benzene rings is 3. The second-order valence-electron chi connectivity index (χ2n) is 7.40. The van der Waals surface area contributed by atoms with Crippen molar-refractivity contribution in [1.29, 1.82) is 0 Å². The molecule has 0 spiro atoms. The van der Waals surface area contributed by atoms with Gasteiger partial charge in [0.2, 0.25) is 5.52 Å². The molecule has 4 rings (SSSR count). The number of aryl methyl sites for hydroxylation is 1. The van der Waals surface area contributed by atoms with E-state index < -0.39 is 10.2 Å². The van der Waals surface area contributed by atoms with E-state index in [-0.39, 0.29) is 0 Å². The quantitative estimate of drug-likeness (QED) is 0.315. The van der Waals surface area contributed by atoms with Crippen LogP contribution in [0.3, 0.4) is 0 Å². The summed E-state index contributed by atoms with van der Waals surface area (Å²) in [5.74, 6) is 0. The van der Waals surface area contributed by atoms with Crippen LogP contribution >= 0.6 is 11.3 Å². The molecule has 0 atom stereocenters. The van der Waals surface area contributed by atoms with Gasteiger partial charge in [-0.05, 0) is 36.1 Å². The van der Waals surface area contributed by atoms with Crippen LogP contribution in [0.2, 0.25) is 0 Å². The zero-order chi connectivity index (χ0) is 24.0. The smallest absolute Gasteiger partial charge is 0.262 e. The minimum absolute atomic E-state index is 0.966. The summed E-state index contributed by atoms with van der Waals surface area (Å²) in [5.41, 5.74) is 3.74. The van der Waals surface area contributed by atoms with Gasteiger partial charge in [-0.15, -0.1) is 10.2 Å². The zero-order valence-electron chi connectivity index (χ0n) is 18.6. The average molecular weight is 485 g/mol. The topological polar surface area (TPSA) is 99.4 Å². The normalized spacial score (nSPS) is 12.0. The lowest BCUT2D eigenvalue weighted by atomic mass is 10.1. The number of nitrogens with zero attached hydrogens (tertiary/aromatic N) is 2. The molecule has 0 aliphatic carbocycles. The van der Waals surface area contributed by atoms with Gasteiger partial charge < -0.3 is 4.90 Å². The molecule has 0 aliphatic rings. The maximum Gasteiger partial charge on any atom is 0.262 e. The monoisotopic (exact) mass is 484 g/mol. The first kappa shape index (κ1) is 24.9. The highest BCUT2D eigenvalue weighted by Crippen LogP contribution is 2.29. The van der Waals surface area contributed by atoms with Crippen molar-refractivity contribution in [2.45, 2.75) is 13.5 Å². The molecule has 0 unspecified atom stereocenters. The number of hydrogen-bond donors (Lipinski definition) is 0. The Morgan fingerprint density at radius 1 is 0.879 bits per heavy atom. The molecule has 4 aromatic rings. The third-order valence-corrected chi connectivity index (χ3v) is 6.19. The third-order valence-electron chi connectivity index (χ3n) is 4.99. The van der Waals surface area contributed by atoms with E-state index in [4.69, 9.17) is 18.6 Å². The van der Waals surface area contributed by atoms with E-state index in [0.29, 0.717) is 0 Å². The Hall–Kier alpha value is -2.78. The van der Waals surface area contributed by atoms with Gasteiger partial charge in [-0.3, -0.25) is 0 Å². The Morgan fingerprint density at radius 2 is 1.52 bits per heavy atom. The van der Waals surface area contributed by atoms with E-state index in [1.54, 1.807) is 0 Å². The van der Waals surface area contributed by atoms with Gasteiger partial charge in [-0.25, -0.2) is 18.6 Å². The lowest BCUT2D eigenvalue weighted by Crippen LogP contribution is -2.68. The predicted molar refractivity (Wildman–Crippen MR) is 124 cm³/mol. The molecule has 33 heavy (non-hydrogen) atoms. The highest BCUT2D eigenvalue weighted by atomic mass is 35.7. The number of anilines is 1. The van der Waals surface area contributed by atoms with Crippen molar-refractivity contribution in [2.75, 3.05) is 19.0 Å². The molecule has 1 aromatic heterocycles. The van der Waals surface area contributed by atoms with E-state index >= 15 is 0 Å². The molecule has 1 heterocycles. The first-order valence-electron chi connectivity index (χ1n) is 10.3. The largest absolute Gasteiger partial charge is 0.378 e. The number of rotatable bonds is 5. The molecular formula is C25H25ClN2O4S. The zero-order valence-corrected chi connectivity index (χ0v) is 20.2. The van der Waals surface area contributed by atoms with Crippen LogP contribution in [0.4, 0.5) is 5.69 Å². The van der Waals surface area contributed by atoms with Gasteiger partial charge in [0.15, 0.2) is 0 Å². The Bertz CT molecular complexity index is 1270. The number of thiazole rings is 1.